The Morgan fingerprint density at radius 1 is 1.53 bits per heavy atom. The Morgan fingerprint density at radius 2 is 2.20 bits per heavy atom. The van der Waals surface area contributed by atoms with Gasteiger partial charge in [-0.2, -0.15) is 0 Å². The minimum Gasteiger partial charge on any atom is -0.354 e. The molecule has 3 heteroatoms. The number of fused-ring (bicyclic) bond motifs is 1. The van der Waals surface area contributed by atoms with Gasteiger partial charge in [-0.1, -0.05) is 20.3 Å². The molecule has 0 aromatic heterocycles. The fraction of sp³-hybridized carbons (Fsp3) is 0.917. The lowest BCUT2D eigenvalue weighted by Gasteiger charge is -2.29. The van der Waals surface area contributed by atoms with Crippen LogP contribution in [0.3, 0.4) is 0 Å². The molecule has 0 aromatic carbocycles. The molecule has 2 saturated heterocycles. The molecule has 0 bridgehead atoms. The molecule has 3 nitrogen and oxygen atoms in total. The van der Waals surface area contributed by atoms with Crippen molar-refractivity contribution in [1.29, 1.82) is 0 Å². The number of ether oxygens (including phenoxy) is 1. The van der Waals surface area contributed by atoms with Crippen molar-refractivity contribution in [3.05, 3.63) is 0 Å². The first-order valence-corrected chi connectivity index (χ1v) is 5.96. The third-order valence-electron chi connectivity index (χ3n) is 3.92. The molecule has 2 heterocycles. The van der Waals surface area contributed by atoms with Crippen LogP contribution >= 0.6 is 0 Å². The van der Waals surface area contributed by atoms with Crippen LogP contribution in [0, 0.1) is 11.8 Å². The average Bonchev–Trinajstić information content (AvgIpc) is 2.59. The Morgan fingerprint density at radius 3 is 2.73 bits per heavy atom. The summed E-state index contributed by atoms with van der Waals surface area (Å²) in [5.74, 6) is 0.972. The third kappa shape index (κ3) is 1.48. The molecule has 3 atom stereocenters. The summed E-state index contributed by atoms with van der Waals surface area (Å²) in [6, 6.07) is 0.309. The second kappa shape index (κ2) is 3.48. The Kier molecular flexibility index (Phi) is 2.53. The number of hydrogen-bond acceptors (Lipinski definition) is 2. The van der Waals surface area contributed by atoms with Crippen molar-refractivity contribution in [3.8, 4) is 0 Å². The van der Waals surface area contributed by atoms with E-state index in [2.05, 4.69) is 13.8 Å². The first-order chi connectivity index (χ1) is 6.99. The summed E-state index contributed by atoms with van der Waals surface area (Å²) < 4.78 is 5.68. The normalized spacial score (nSPS) is 38.5. The predicted molar refractivity (Wildman–Crippen MR) is 58.2 cm³/mol. The monoisotopic (exact) mass is 211 g/mol. The molecule has 2 aliphatic heterocycles. The zero-order valence-corrected chi connectivity index (χ0v) is 10.1. The molecule has 0 N–H and O–H groups in total. The third-order valence-corrected chi connectivity index (χ3v) is 3.92. The van der Waals surface area contributed by atoms with E-state index in [0.717, 1.165) is 12.8 Å². The molecule has 0 saturated carbocycles. The first kappa shape index (κ1) is 10.9. The van der Waals surface area contributed by atoms with E-state index in [4.69, 9.17) is 4.74 Å². The molecular formula is C12H21NO2. The summed E-state index contributed by atoms with van der Waals surface area (Å²) in [7, 11) is 0. The summed E-state index contributed by atoms with van der Waals surface area (Å²) in [6.07, 6.45) is 2.10. The molecule has 0 spiro atoms. The molecule has 0 aromatic rings. The summed E-state index contributed by atoms with van der Waals surface area (Å²) in [4.78, 5) is 14.2. The number of hydrogen-bond donors (Lipinski definition) is 0. The van der Waals surface area contributed by atoms with Crippen molar-refractivity contribution in [2.45, 2.75) is 52.3 Å². The Balaban J connectivity index is 2.23. The number of carbonyl (C=O) groups is 1. The summed E-state index contributed by atoms with van der Waals surface area (Å²) in [5, 5.41) is 0. The van der Waals surface area contributed by atoms with Gasteiger partial charge in [0.25, 0.3) is 0 Å². The van der Waals surface area contributed by atoms with Gasteiger partial charge < -0.3 is 9.64 Å². The van der Waals surface area contributed by atoms with E-state index in [1.807, 2.05) is 18.7 Å². The molecule has 15 heavy (non-hydrogen) atoms. The molecule has 2 rings (SSSR count). The Bertz CT molecular complexity index is 275. The van der Waals surface area contributed by atoms with E-state index in [1.54, 1.807) is 0 Å². The fourth-order valence-electron chi connectivity index (χ4n) is 3.02. The zero-order chi connectivity index (χ0) is 11.2. The van der Waals surface area contributed by atoms with Gasteiger partial charge in [0.1, 0.15) is 5.72 Å². The summed E-state index contributed by atoms with van der Waals surface area (Å²) in [5.41, 5.74) is -0.390. The second-order valence-electron chi connectivity index (χ2n) is 5.29. The van der Waals surface area contributed by atoms with Gasteiger partial charge in [0.2, 0.25) is 5.91 Å². The van der Waals surface area contributed by atoms with Gasteiger partial charge in [-0.05, 0) is 26.2 Å². The summed E-state index contributed by atoms with van der Waals surface area (Å²) >= 11 is 0. The Hall–Kier alpha value is -0.570. The highest BCUT2D eigenvalue weighted by molar-refractivity contribution is 5.83. The SMILES string of the molecule is CCC[C@@H]1C(=O)N2[C@H](COC2(C)C)[C@@H]1C. The van der Waals surface area contributed by atoms with Crippen LogP contribution in [0.4, 0.5) is 0 Å². The van der Waals surface area contributed by atoms with Crippen molar-refractivity contribution in [2.24, 2.45) is 11.8 Å². The van der Waals surface area contributed by atoms with Gasteiger partial charge >= 0.3 is 0 Å². The number of nitrogens with zero attached hydrogens (tertiary/aromatic N) is 1. The van der Waals surface area contributed by atoms with Crippen LogP contribution in [0.2, 0.25) is 0 Å². The fourth-order valence-corrected chi connectivity index (χ4v) is 3.02. The molecular weight excluding hydrogens is 190 g/mol. The first-order valence-electron chi connectivity index (χ1n) is 5.96. The minimum absolute atomic E-state index is 0.225. The molecule has 0 unspecified atom stereocenters. The van der Waals surface area contributed by atoms with Crippen LogP contribution in [0.25, 0.3) is 0 Å². The van der Waals surface area contributed by atoms with Gasteiger partial charge in [0.05, 0.1) is 12.6 Å². The largest absolute Gasteiger partial charge is 0.354 e. The van der Waals surface area contributed by atoms with E-state index in [-0.39, 0.29) is 5.92 Å². The zero-order valence-electron chi connectivity index (χ0n) is 10.1. The maximum absolute atomic E-state index is 12.2. The topological polar surface area (TPSA) is 29.5 Å². The van der Waals surface area contributed by atoms with Gasteiger partial charge in [-0.15, -0.1) is 0 Å². The Labute approximate surface area is 91.8 Å². The van der Waals surface area contributed by atoms with Crippen LogP contribution < -0.4 is 0 Å². The van der Waals surface area contributed by atoms with Crippen LogP contribution in [0.1, 0.15) is 40.5 Å². The van der Waals surface area contributed by atoms with Crippen molar-refractivity contribution in [1.82, 2.24) is 4.90 Å². The maximum Gasteiger partial charge on any atom is 0.228 e. The smallest absolute Gasteiger partial charge is 0.228 e. The highest BCUT2D eigenvalue weighted by Gasteiger charge is 2.54. The molecule has 0 radical (unpaired) electrons. The van der Waals surface area contributed by atoms with E-state index in [0.29, 0.717) is 24.5 Å². The molecule has 1 amide bonds. The van der Waals surface area contributed by atoms with E-state index < -0.39 is 5.72 Å². The van der Waals surface area contributed by atoms with Crippen molar-refractivity contribution >= 4 is 5.91 Å². The number of carbonyl (C=O) groups excluding carboxylic acids is 1. The highest BCUT2D eigenvalue weighted by atomic mass is 16.5. The van der Waals surface area contributed by atoms with Crippen molar-refractivity contribution in [2.75, 3.05) is 6.61 Å². The van der Waals surface area contributed by atoms with Crippen LogP contribution in [-0.2, 0) is 9.53 Å². The predicted octanol–water partition coefficient (Wildman–Crippen LogP) is 2.02. The lowest BCUT2D eigenvalue weighted by molar-refractivity contribution is -0.145. The second-order valence-corrected chi connectivity index (χ2v) is 5.29. The standard InChI is InChI=1S/C12H21NO2/c1-5-6-9-8(2)10-7-15-12(3,4)13(10)11(9)14/h8-10H,5-7H2,1-4H3/t8-,9+,10-/m1/s1. The van der Waals surface area contributed by atoms with Gasteiger partial charge in [0, 0.05) is 5.92 Å². The highest BCUT2D eigenvalue weighted by Crippen LogP contribution is 2.42. The molecule has 0 aliphatic carbocycles. The van der Waals surface area contributed by atoms with Crippen molar-refractivity contribution in [3.63, 3.8) is 0 Å². The van der Waals surface area contributed by atoms with Crippen LogP contribution in [0.15, 0.2) is 0 Å². The molecule has 86 valence electrons. The minimum atomic E-state index is -0.390. The van der Waals surface area contributed by atoms with Gasteiger partial charge in [-0.3, -0.25) is 4.79 Å². The van der Waals surface area contributed by atoms with Gasteiger partial charge in [-0.25, -0.2) is 0 Å². The lowest BCUT2D eigenvalue weighted by Crippen LogP contribution is -2.44. The number of amides is 1. The van der Waals surface area contributed by atoms with E-state index in [9.17, 15) is 4.79 Å². The number of rotatable bonds is 2. The van der Waals surface area contributed by atoms with Crippen LogP contribution in [0.5, 0.6) is 0 Å². The average molecular weight is 211 g/mol. The van der Waals surface area contributed by atoms with Crippen molar-refractivity contribution < 1.29 is 9.53 Å². The molecule has 2 fully saturated rings. The summed E-state index contributed by atoms with van der Waals surface area (Å²) in [6.45, 7) is 9.02. The van der Waals surface area contributed by atoms with Crippen LogP contribution in [-0.4, -0.2) is 29.2 Å². The quantitative estimate of drug-likeness (QED) is 0.699. The molecule has 2 aliphatic rings. The lowest BCUT2D eigenvalue weighted by atomic mass is 9.89. The van der Waals surface area contributed by atoms with E-state index >= 15 is 0 Å². The maximum atomic E-state index is 12.2. The van der Waals surface area contributed by atoms with E-state index in [1.165, 1.54) is 0 Å². The van der Waals surface area contributed by atoms with Gasteiger partial charge in [0.15, 0.2) is 0 Å².